The van der Waals surface area contributed by atoms with Crippen molar-refractivity contribution < 1.29 is 8.42 Å². The van der Waals surface area contributed by atoms with Gasteiger partial charge in [0, 0.05) is 12.6 Å². The SMILES string of the molecule is CC(C)CCN(C1CC1)S(=O)(=O)c1ccc(C#N)c(Cl)c1. The van der Waals surface area contributed by atoms with Gasteiger partial charge in [-0.3, -0.25) is 0 Å². The zero-order chi connectivity index (χ0) is 15.6. The fourth-order valence-corrected chi connectivity index (χ4v) is 4.14. The molecule has 0 aliphatic heterocycles. The number of nitriles is 1. The molecule has 1 aromatic rings. The van der Waals surface area contributed by atoms with Gasteiger partial charge in [0.15, 0.2) is 0 Å². The molecule has 0 radical (unpaired) electrons. The topological polar surface area (TPSA) is 61.2 Å². The van der Waals surface area contributed by atoms with E-state index >= 15 is 0 Å². The van der Waals surface area contributed by atoms with Gasteiger partial charge in [0.05, 0.1) is 15.5 Å². The monoisotopic (exact) mass is 326 g/mol. The van der Waals surface area contributed by atoms with E-state index in [0.717, 1.165) is 19.3 Å². The van der Waals surface area contributed by atoms with Crippen molar-refractivity contribution in [3.8, 4) is 6.07 Å². The molecule has 21 heavy (non-hydrogen) atoms. The van der Waals surface area contributed by atoms with Crippen molar-refractivity contribution >= 4 is 21.6 Å². The molecule has 0 amide bonds. The summed E-state index contributed by atoms with van der Waals surface area (Å²) in [6.45, 7) is 4.69. The molecule has 1 aromatic carbocycles. The van der Waals surface area contributed by atoms with E-state index in [0.29, 0.717) is 12.5 Å². The van der Waals surface area contributed by atoms with Gasteiger partial charge in [-0.1, -0.05) is 25.4 Å². The highest BCUT2D eigenvalue weighted by Gasteiger charge is 2.37. The van der Waals surface area contributed by atoms with Gasteiger partial charge in [-0.15, -0.1) is 0 Å². The Bertz CT molecular complexity index is 661. The van der Waals surface area contributed by atoms with Crippen LogP contribution in [0.5, 0.6) is 0 Å². The summed E-state index contributed by atoms with van der Waals surface area (Å²) in [6, 6.07) is 6.35. The third-order valence-electron chi connectivity index (χ3n) is 3.55. The first-order valence-corrected chi connectivity index (χ1v) is 8.89. The van der Waals surface area contributed by atoms with Gasteiger partial charge in [0.1, 0.15) is 6.07 Å². The normalized spacial score (nSPS) is 15.4. The highest BCUT2D eigenvalue weighted by atomic mass is 35.5. The van der Waals surface area contributed by atoms with E-state index < -0.39 is 10.0 Å². The fourth-order valence-electron chi connectivity index (χ4n) is 2.13. The Hall–Kier alpha value is -1.09. The minimum atomic E-state index is -3.54. The van der Waals surface area contributed by atoms with Gasteiger partial charge in [-0.25, -0.2) is 8.42 Å². The van der Waals surface area contributed by atoms with Gasteiger partial charge in [0.2, 0.25) is 10.0 Å². The van der Waals surface area contributed by atoms with Crippen LogP contribution < -0.4 is 0 Å². The minimum Gasteiger partial charge on any atom is -0.207 e. The van der Waals surface area contributed by atoms with Crippen LogP contribution in [-0.2, 0) is 10.0 Å². The molecule has 0 heterocycles. The second-order valence-corrected chi connectivity index (χ2v) is 8.08. The fraction of sp³-hybridized carbons (Fsp3) is 0.533. The quantitative estimate of drug-likeness (QED) is 0.804. The molecule has 0 spiro atoms. The number of halogens is 1. The lowest BCUT2D eigenvalue weighted by atomic mass is 10.1. The van der Waals surface area contributed by atoms with Crippen molar-refractivity contribution in [1.29, 1.82) is 5.26 Å². The lowest BCUT2D eigenvalue weighted by Gasteiger charge is -2.23. The van der Waals surface area contributed by atoms with Gasteiger partial charge in [0.25, 0.3) is 0 Å². The number of benzene rings is 1. The average Bonchev–Trinajstić information content (AvgIpc) is 3.22. The average molecular weight is 327 g/mol. The standard InChI is InChI=1S/C15H19ClN2O2S/c1-11(2)7-8-18(13-4-5-13)21(19,20)14-6-3-12(10-17)15(16)9-14/h3,6,9,11,13H,4-5,7-8H2,1-2H3. The summed E-state index contributed by atoms with van der Waals surface area (Å²) in [5, 5.41) is 9.05. The first kappa shape index (κ1) is 16.3. The molecule has 4 nitrogen and oxygen atoms in total. The minimum absolute atomic E-state index is 0.114. The predicted molar refractivity (Wildman–Crippen MR) is 82.5 cm³/mol. The van der Waals surface area contributed by atoms with Crippen molar-refractivity contribution in [1.82, 2.24) is 4.31 Å². The highest BCUT2D eigenvalue weighted by Crippen LogP contribution is 2.33. The van der Waals surface area contributed by atoms with Crippen LogP contribution in [0.1, 0.15) is 38.7 Å². The number of rotatable bonds is 6. The molecular formula is C15H19ClN2O2S. The molecule has 1 fully saturated rings. The molecule has 0 bridgehead atoms. The van der Waals surface area contributed by atoms with Crippen molar-refractivity contribution in [2.24, 2.45) is 5.92 Å². The summed E-state index contributed by atoms with van der Waals surface area (Å²) in [7, 11) is -3.54. The summed E-state index contributed by atoms with van der Waals surface area (Å²) in [5.74, 6) is 0.450. The Morgan fingerprint density at radius 1 is 1.43 bits per heavy atom. The van der Waals surface area contributed by atoms with E-state index in [1.165, 1.54) is 18.2 Å². The van der Waals surface area contributed by atoms with Gasteiger partial charge < -0.3 is 0 Å². The molecular weight excluding hydrogens is 308 g/mol. The Kier molecular flexibility index (Phi) is 4.92. The van der Waals surface area contributed by atoms with Crippen molar-refractivity contribution in [2.45, 2.75) is 44.0 Å². The van der Waals surface area contributed by atoms with Crippen LogP contribution in [0.15, 0.2) is 23.1 Å². The smallest absolute Gasteiger partial charge is 0.207 e. The summed E-state index contributed by atoms with van der Waals surface area (Å²) < 4.78 is 27.1. The summed E-state index contributed by atoms with van der Waals surface area (Å²) in [6.07, 6.45) is 2.67. The van der Waals surface area contributed by atoms with Gasteiger partial charge >= 0.3 is 0 Å². The first-order chi connectivity index (χ1) is 9.86. The van der Waals surface area contributed by atoms with Gasteiger partial charge in [-0.05, 0) is 43.4 Å². The predicted octanol–water partition coefficient (Wildman–Crippen LogP) is 3.41. The van der Waals surface area contributed by atoms with Crippen LogP contribution in [0.2, 0.25) is 5.02 Å². The first-order valence-electron chi connectivity index (χ1n) is 7.07. The van der Waals surface area contributed by atoms with Crippen LogP contribution in [0.4, 0.5) is 0 Å². The molecule has 6 heteroatoms. The molecule has 1 aliphatic rings. The van der Waals surface area contributed by atoms with E-state index in [1.807, 2.05) is 6.07 Å². The summed E-state index contributed by atoms with van der Waals surface area (Å²) in [4.78, 5) is 0.169. The van der Waals surface area contributed by atoms with Crippen LogP contribution in [0.3, 0.4) is 0 Å². The van der Waals surface area contributed by atoms with Crippen LogP contribution in [-0.4, -0.2) is 25.3 Å². The third kappa shape index (κ3) is 3.76. The zero-order valence-electron chi connectivity index (χ0n) is 12.2. The number of hydrogen-bond donors (Lipinski definition) is 0. The van der Waals surface area contributed by atoms with Crippen LogP contribution >= 0.6 is 11.6 Å². The summed E-state index contributed by atoms with van der Waals surface area (Å²) in [5.41, 5.74) is 0.288. The Labute approximate surface area is 131 Å². The molecule has 0 N–H and O–H groups in total. The Morgan fingerprint density at radius 3 is 2.57 bits per heavy atom. The lowest BCUT2D eigenvalue weighted by molar-refractivity contribution is 0.373. The molecule has 1 aliphatic carbocycles. The van der Waals surface area contributed by atoms with E-state index in [2.05, 4.69) is 13.8 Å². The molecule has 0 atom stereocenters. The van der Waals surface area contributed by atoms with Crippen LogP contribution in [0.25, 0.3) is 0 Å². The Morgan fingerprint density at radius 2 is 2.10 bits per heavy atom. The highest BCUT2D eigenvalue weighted by molar-refractivity contribution is 7.89. The van der Waals surface area contributed by atoms with E-state index in [9.17, 15) is 8.42 Å². The number of sulfonamides is 1. The summed E-state index contributed by atoms with van der Waals surface area (Å²) >= 11 is 5.96. The maximum Gasteiger partial charge on any atom is 0.243 e. The Balaban J connectivity index is 2.30. The molecule has 1 saturated carbocycles. The van der Waals surface area contributed by atoms with Crippen molar-refractivity contribution in [3.05, 3.63) is 28.8 Å². The largest absolute Gasteiger partial charge is 0.243 e. The maximum absolute atomic E-state index is 12.8. The number of nitrogens with zero attached hydrogens (tertiary/aromatic N) is 2. The zero-order valence-corrected chi connectivity index (χ0v) is 13.8. The van der Waals surface area contributed by atoms with Gasteiger partial charge in [-0.2, -0.15) is 9.57 Å². The molecule has 2 rings (SSSR count). The maximum atomic E-state index is 12.8. The van der Waals surface area contributed by atoms with E-state index in [4.69, 9.17) is 16.9 Å². The van der Waals surface area contributed by atoms with Crippen molar-refractivity contribution in [3.63, 3.8) is 0 Å². The number of hydrogen-bond acceptors (Lipinski definition) is 3. The molecule has 0 aromatic heterocycles. The lowest BCUT2D eigenvalue weighted by Crippen LogP contribution is -2.34. The third-order valence-corrected chi connectivity index (χ3v) is 5.81. The van der Waals surface area contributed by atoms with E-state index in [1.54, 1.807) is 4.31 Å². The molecule has 114 valence electrons. The van der Waals surface area contributed by atoms with Crippen molar-refractivity contribution in [2.75, 3.05) is 6.54 Å². The van der Waals surface area contributed by atoms with E-state index in [-0.39, 0.29) is 21.5 Å². The molecule has 0 saturated heterocycles. The van der Waals surface area contributed by atoms with Crippen LogP contribution in [0, 0.1) is 17.2 Å². The molecule has 0 unspecified atom stereocenters. The second-order valence-electron chi connectivity index (χ2n) is 5.78. The second kappa shape index (κ2) is 6.35.